The van der Waals surface area contributed by atoms with Gasteiger partial charge in [-0.3, -0.25) is 0 Å². The standard InChI is InChI=1S/C17H23N3O/c1-3-11-18-15(10-9-14-7-5-4-6-8-14)16-12-17(21-2)20-13-19-16/h4-8,12-13,15,18H,3,9-11H2,1-2H3. The Morgan fingerprint density at radius 1 is 1.19 bits per heavy atom. The average molecular weight is 285 g/mol. The molecule has 0 amide bonds. The van der Waals surface area contributed by atoms with Crippen LogP contribution in [0.5, 0.6) is 5.88 Å². The molecule has 2 rings (SSSR count). The summed E-state index contributed by atoms with van der Waals surface area (Å²) in [5, 5.41) is 3.56. The molecule has 2 aromatic rings. The van der Waals surface area contributed by atoms with Crippen molar-refractivity contribution in [1.82, 2.24) is 15.3 Å². The van der Waals surface area contributed by atoms with Crippen molar-refractivity contribution in [3.05, 3.63) is 54.0 Å². The van der Waals surface area contributed by atoms with Gasteiger partial charge in [-0.2, -0.15) is 0 Å². The number of nitrogens with one attached hydrogen (secondary N) is 1. The van der Waals surface area contributed by atoms with E-state index in [9.17, 15) is 0 Å². The van der Waals surface area contributed by atoms with E-state index in [2.05, 4.69) is 46.5 Å². The number of methoxy groups -OCH3 is 1. The summed E-state index contributed by atoms with van der Waals surface area (Å²) < 4.78 is 5.19. The minimum Gasteiger partial charge on any atom is -0.481 e. The number of nitrogens with zero attached hydrogens (tertiary/aromatic N) is 2. The van der Waals surface area contributed by atoms with Crippen LogP contribution in [0.3, 0.4) is 0 Å². The van der Waals surface area contributed by atoms with Crippen molar-refractivity contribution in [1.29, 1.82) is 0 Å². The summed E-state index contributed by atoms with van der Waals surface area (Å²) >= 11 is 0. The SMILES string of the molecule is CCCNC(CCc1ccccc1)c1cc(OC)ncn1. The predicted octanol–water partition coefficient (Wildman–Crippen LogP) is 3.16. The molecule has 0 saturated carbocycles. The molecular weight excluding hydrogens is 262 g/mol. The Morgan fingerprint density at radius 3 is 2.71 bits per heavy atom. The van der Waals surface area contributed by atoms with Crippen LogP contribution in [-0.4, -0.2) is 23.6 Å². The quantitative estimate of drug-likeness (QED) is 0.809. The second kappa shape index (κ2) is 8.37. The fraction of sp³-hybridized carbons (Fsp3) is 0.412. The van der Waals surface area contributed by atoms with Gasteiger partial charge in [0.25, 0.3) is 0 Å². The van der Waals surface area contributed by atoms with Crippen molar-refractivity contribution < 1.29 is 4.74 Å². The molecule has 1 N–H and O–H groups in total. The molecule has 112 valence electrons. The highest BCUT2D eigenvalue weighted by Crippen LogP contribution is 2.19. The third kappa shape index (κ3) is 4.83. The molecule has 0 saturated heterocycles. The fourth-order valence-electron chi connectivity index (χ4n) is 2.28. The molecule has 0 radical (unpaired) electrons. The maximum atomic E-state index is 5.19. The Balaban J connectivity index is 2.06. The van der Waals surface area contributed by atoms with Crippen LogP contribution >= 0.6 is 0 Å². The van der Waals surface area contributed by atoms with Crippen LogP contribution in [0.1, 0.15) is 37.1 Å². The third-order valence-electron chi connectivity index (χ3n) is 3.43. The molecule has 0 spiro atoms. The van der Waals surface area contributed by atoms with Crippen LogP contribution < -0.4 is 10.1 Å². The molecule has 21 heavy (non-hydrogen) atoms. The smallest absolute Gasteiger partial charge is 0.216 e. The van der Waals surface area contributed by atoms with Gasteiger partial charge < -0.3 is 10.1 Å². The summed E-state index contributed by atoms with van der Waals surface area (Å²) in [5.74, 6) is 0.614. The van der Waals surface area contributed by atoms with Gasteiger partial charge in [0.15, 0.2) is 0 Å². The van der Waals surface area contributed by atoms with Crippen LogP contribution in [0.2, 0.25) is 0 Å². The van der Waals surface area contributed by atoms with Crippen LogP contribution in [0.15, 0.2) is 42.7 Å². The Kier molecular flexibility index (Phi) is 6.16. The Labute approximate surface area is 126 Å². The van der Waals surface area contributed by atoms with E-state index in [0.29, 0.717) is 5.88 Å². The van der Waals surface area contributed by atoms with E-state index in [1.807, 2.05) is 12.1 Å². The first-order valence-electron chi connectivity index (χ1n) is 7.46. The number of rotatable bonds is 8. The second-order valence-corrected chi connectivity index (χ2v) is 5.02. The van der Waals surface area contributed by atoms with Crippen molar-refractivity contribution in [2.24, 2.45) is 0 Å². The van der Waals surface area contributed by atoms with Crippen molar-refractivity contribution in [2.75, 3.05) is 13.7 Å². The Morgan fingerprint density at radius 2 is 2.00 bits per heavy atom. The van der Waals surface area contributed by atoms with Crippen LogP contribution in [0.25, 0.3) is 0 Å². The van der Waals surface area contributed by atoms with Crippen molar-refractivity contribution in [3.63, 3.8) is 0 Å². The highest BCUT2D eigenvalue weighted by molar-refractivity contribution is 5.18. The van der Waals surface area contributed by atoms with Gasteiger partial charge >= 0.3 is 0 Å². The number of hydrogen-bond acceptors (Lipinski definition) is 4. The topological polar surface area (TPSA) is 47.0 Å². The summed E-state index contributed by atoms with van der Waals surface area (Å²) in [5.41, 5.74) is 2.34. The zero-order valence-corrected chi connectivity index (χ0v) is 12.7. The van der Waals surface area contributed by atoms with Crippen LogP contribution in [0, 0.1) is 0 Å². The van der Waals surface area contributed by atoms with E-state index in [4.69, 9.17) is 4.74 Å². The summed E-state index contributed by atoms with van der Waals surface area (Å²) in [6.45, 7) is 3.15. The monoisotopic (exact) mass is 285 g/mol. The average Bonchev–Trinajstić information content (AvgIpc) is 2.56. The molecule has 0 aliphatic rings. The van der Waals surface area contributed by atoms with E-state index >= 15 is 0 Å². The molecule has 1 heterocycles. The van der Waals surface area contributed by atoms with Crippen LogP contribution in [-0.2, 0) is 6.42 Å². The minimum absolute atomic E-state index is 0.224. The molecule has 0 fully saturated rings. The van der Waals surface area contributed by atoms with Gasteiger partial charge in [-0.05, 0) is 31.4 Å². The lowest BCUT2D eigenvalue weighted by atomic mass is 10.0. The molecule has 4 heteroatoms. The highest BCUT2D eigenvalue weighted by atomic mass is 16.5. The lowest BCUT2D eigenvalue weighted by molar-refractivity contribution is 0.392. The number of ether oxygens (including phenoxy) is 1. The van der Waals surface area contributed by atoms with Gasteiger partial charge in [0.1, 0.15) is 6.33 Å². The number of aryl methyl sites for hydroxylation is 1. The molecule has 1 atom stereocenters. The van der Waals surface area contributed by atoms with E-state index in [1.54, 1.807) is 13.4 Å². The van der Waals surface area contributed by atoms with E-state index < -0.39 is 0 Å². The second-order valence-electron chi connectivity index (χ2n) is 5.02. The lowest BCUT2D eigenvalue weighted by Gasteiger charge is -2.18. The van der Waals surface area contributed by atoms with E-state index in [-0.39, 0.29) is 6.04 Å². The first kappa shape index (κ1) is 15.4. The molecule has 0 aliphatic heterocycles. The molecule has 1 aromatic carbocycles. The maximum Gasteiger partial charge on any atom is 0.216 e. The summed E-state index contributed by atoms with van der Waals surface area (Å²) in [7, 11) is 1.63. The highest BCUT2D eigenvalue weighted by Gasteiger charge is 2.13. The lowest BCUT2D eigenvalue weighted by Crippen LogP contribution is -2.23. The number of benzene rings is 1. The summed E-state index contributed by atoms with van der Waals surface area (Å²) in [6.07, 6.45) is 4.69. The fourth-order valence-corrected chi connectivity index (χ4v) is 2.28. The van der Waals surface area contributed by atoms with E-state index in [0.717, 1.165) is 31.5 Å². The zero-order valence-electron chi connectivity index (χ0n) is 12.7. The van der Waals surface area contributed by atoms with E-state index in [1.165, 1.54) is 5.56 Å². The maximum absolute atomic E-state index is 5.19. The van der Waals surface area contributed by atoms with Gasteiger partial charge in [-0.15, -0.1) is 0 Å². The minimum atomic E-state index is 0.224. The predicted molar refractivity (Wildman–Crippen MR) is 84.4 cm³/mol. The third-order valence-corrected chi connectivity index (χ3v) is 3.43. The van der Waals surface area contributed by atoms with Crippen molar-refractivity contribution in [2.45, 2.75) is 32.2 Å². The zero-order chi connectivity index (χ0) is 14.9. The van der Waals surface area contributed by atoms with Crippen molar-refractivity contribution >= 4 is 0 Å². The molecular formula is C17H23N3O. The van der Waals surface area contributed by atoms with Gasteiger partial charge in [-0.1, -0.05) is 37.3 Å². The summed E-state index contributed by atoms with van der Waals surface area (Å²) in [6, 6.07) is 12.7. The molecule has 0 aliphatic carbocycles. The van der Waals surface area contributed by atoms with Crippen LogP contribution in [0.4, 0.5) is 0 Å². The van der Waals surface area contributed by atoms with Crippen molar-refractivity contribution in [3.8, 4) is 5.88 Å². The Bertz CT molecular complexity index is 531. The molecule has 1 unspecified atom stereocenters. The normalized spacial score (nSPS) is 12.1. The first-order chi connectivity index (χ1) is 10.3. The molecule has 4 nitrogen and oxygen atoms in total. The number of hydrogen-bond donors (Lipinski definition) is 1. The molecule has 1 aromatic heterocycles. The summed E-state index contributed by atoms with van der Waals surface area (Å²) in [4.78, 5) is 8.48. The first-order valence-corrected chi connectivity index (χ1v) is 7.46. The van der Waals surface area contributed by atoms with Gasteiger partial charge in [-0.25, -0.2) is 9.97 Å². The number of aromatic nitrogens is 2. The van der Waals surface area contributed by atoms with Gasteiger partial charge in [0.05, 0.1) is 18.8 Å². The molecule has 0 bridgehead atoms. The largest absolute Gasteiger partial charge is 0.481 e. The Hall–Kier alpha value is -1.94. The van der Waals surface area contributed by atoms with Gasteiger partial charge in [0.2, 0.25) is 5.88 Å². The van der Waals surface area contributed by atoms with Gasteiger partial charge in [0, 0.05) is 6.07 Å².